The van der Waals surface area contributed by atoms with E-state index in [-0.39, 0.29) is 5.97 Å². The summed E-state index contributed by atoms with van der Waals surface area (Å²) in [5, 5.41) is 0. The lowest BCUT2D eigenvalue weighted by Crippen LogP contribution is -1.99. The van der Waals surface area contributed by atoms with Crippen molar-refractivity contribution in [3.8, 4) is 0 Å². The number of carbonyl (C=O) groups is 1. The van der Waals surface area contributed by atoms with E-state index in [0.717, 1.165) is 25.7 Å². The zero-order valence-electron chi connectivity index (χ0n) is 16.7. The number of esters is 1. The van der Waals surface area contributed by atoms with Crippen LogP contribution in [0.2, 0.25) is 0 Å². The van der Waals surface area contributed by atoms with Gasteiger partial charge in [-0.15, -0.1) is 0 Å². The second kappa shape index (κ2) is 20.7. The molecular weight excluding hydrogens is 308 g/mol. The van der Waals surface area contributed by atoms with E-state index in [1.807, 2.05) is 0 Å². The minimum atomic E-state index is -0.0813. The van der Waals surface area contributed by atoms with Crippen LogP contribution in [0.25, 0.3) is 0 Å². The first kappa shape index (κ1) is 23.7. The highest BCUT2D eigenvalue weighted by atomic mass is 16.5. The molecule has 0 N–H and O–H groups in total. The van der Waals surface area contributed by atoms with Gasteiger partial charge in [0.1, 0.15) is 0 Å². The van der Waals surface area contributed by atoms with Crippen LogP contribution in [0, 0.1) is 0 Å². The summed E-state index contributed by atoms with van der Waals surface area (Å²) in [4.78, 5) is 11.0. The van der Waals surface area contributed by atoms with Crippen LogP contribution in [-0.4, -0.2) is 13.1 Å². The standard InChI is InChI=1S/C23H40O2/c1-3-4-5-6-7-8-9-10-11-12-13-14-15-16-17-18-19-20-21-22-23(24)25-2/h7-8,10-11,13-14H,3-6,9,12,15-22H2,1-2H3/b8-7-,11-10-,14-13-. The highest BCUT2D eigenvalue weighted by molar-refractivity contribution is 5.68. The molecule has 0 aliphatic rings. The van der Waals surface area contributed by atoms with Gasteiger partial charge in [-0.2, -0.15) is 0 Å². The van der Waals surface area contributed by atoms with Crippen LogP contribution in [0.1, 0.15) is 96.8 Å². The van der Waals surface area contributed by atoms with Crippen LogP contribution in [0.4, 0.5) is 0 Å². The Morgan fingerprint density at radius 1 is 0.680 bits per heavy atom. The van der Waals surface area contributed by atoms with E-state index in [4.69, 9.17) is 0 Å². The van der Waals surface area contributed by atoms with Crippen LogP contribution in [0.5, 0.6) is 0 Å². The van der Waals surface area contributed by atoms with Gasteiger partial charge in [0.2, 0.25) is 0 Å². The summed E-state index contributed by atoms with van der Waals surface area (Å²) >= 11 is 0. The summed E-state index contributed by atoms with van der Waals surface area (Å²) in [5.74, 6) is -0.0813. The molecule has 0 saturated carbocycles. The summed E-state index contributed by atoms with van der Waals surface area (Å²) in [5.41, 5.74) is 0. The molecule has 0 saturated heterocycles. The third-order valence-electron chi connectivity index (χ3n) is 4.25. The Kier molecular flexibility index (Phi) is 19.6. The highest BCUT2D eigenvalue weighted by Gasteiger charge is 1.98. The molecule has 2 nitrogen and oxygen atoms in total. The lowest BCUT2D eigenvalue weighted by Gasteiger charge is -2.00. The summed E-state index contributed by atoms with van der Waals surface area (Å²) in [6.07, 6.45) is 30.0. The number of methoxy groups -OCH3 is 1. The van der Waals surface area contributed by atoms with Crippen LogP contribution in [0.15, 0.2) is 36.5 Å². The van der Waals surface area contributed by atoms with Gasteiger partial charge in [0.05, 0.1) is 7.11 Å². The average molecular weight is 349 g/mol. The van der Waals surface area contributed by atoms with Crippen molar-refractivity contribution in [1.29, 1.82) is 0 Å². The van der Waals surface area contributed by atoms with Crippen LogP contribution in [0.3, 0.4) is 0 Å². The first-order chi connectivity index (χ1) is 12.3. The molecule has 0 aromatic carbocycles. The molecule has 25 heavy (non-hydrogen) atoms. The van der Waals surface area contributed by atoms with Crippen molar-refractivity contribution < 1.29 is 9.53 Å². The van der Waals surface area contributed by atoms with Gasteiger partial charge in [-0.1, -0.05) is 81.9 Å². The number of unbranched alkanes of at least 4 members (excludes halogenated alkanes) is 9. The number of ether oxygens (including phenoxy) is 1. The van der Waals surface area contributed by atoms with Crippen molar-refractivity contribution in [2.45, 2.75) is 96.8 Å². The molecule has 0 aromatic heterocycles. The SMILES string of the molecule is CCCCC/C=C\C/C=C\C/C=C\CCCCCCCCC(=O)OC. The van der Waals surface area contributed by atoms with Gasteiger partial charge >= 0.3 is 5.97 Å². The molecular formula is C23H40O2. The van der Waals surface area contributed by atoms with Gasteiger partial charge in [-0.25, -0.2) is 0 Å². The fourth-order valence-corrected chi connectivity index (χ4v) is 2.63. The molecule has 0 aliphatic heterocycles. The molecule has 0 heterocycles. The minimum absolute atomic E-state index is 0.0813. The molecule has 0 radical (unpaired) electrons. The van der Waals surface area contributed by atoms with Crippen molar-refractivity contribution in [1.82, 2.24) is 0 Å². The Morgan fingerprint density at radius 3 is 1.72 bits per heavy atom. The molecule has 0 spiro atoms. The molecule has 144 valence electrons. The molecule has 0 amide bonds. The van der Waals surface area contributed by atoms with Gasteiger partial charge in [0, 0.05) is 6.42 Å². The Morgan fingerprint density at radius 2 is 1.16 bits per heavy atom. The maximum Gasteiger partial charge on any atom is 0.305 e. The number of allylic oxidation sites excluding steroid dienone is 6. The minimum Gasteiger partial charge on any atom is -0.469 e. The summed E-state index contributed by atoms with van der Waals surface area (Å²) < 4.78 is 4.63. The van der Waals surface area contributed by atoms with E-state index < -0.39 is 0 Å². The smallest absolute Gasteiger partial charge is 0.305 e. The van der Waals surface area contributed by atoms with Crippen LogP contribution in [-0.2, 0) is 9.53 Å². The van der Waals surface area contributed by atoms with Crippen molar-refractivity contribution in [3.05, 3.63) is 36.5 Å². The number of hydrogen-bond donors (Lipinski definition) is 0. The maximum absolute atomic E-state index is 11.0. The Balaban J connectivity index is 3.27. The first-order valence-corrected chi connectivity index (χ1v) is 10.3. The number of rotatable bonds is 17. The van der Waals surface area contributed by atoms with E-state index in [9.17, 15) is 4.79 Å². The van der Waals surface area contributed by atoms with E-state index in [2.05, 4.69) is 48.1 Å². The normalized spacial score (nSPS) is 11.9. The lowest BCUT2D eigenvalue weighted by molar-refractivity contribution is -0.140. The molecule has 0 bridgehead atoms. The maximum atomic E-state index is 11.0. The molecule has 2 heteroatoms. The monoisotopic (exact) mass is 348 g/mol. The van der Waals surface area contributed by atoms with Gasteiger partial charge in [-0.3, -0.25) is 4.79 Å². The second-order valence-corrected chi connectivity index (χ2v) is 6.62. The molecule has 0 unspecified atom stereocenters. The van der Waals surface area contributed by atoms with Gasteiger partial charge in [0.25, 0.3) is 0 Å². The highest BCUT2D eigenvalue weighted by Crippen LogP contribution is 2.09. The van der Waals surface area contributed by atoms with Gasteiger partial charge in [-0.05, 0) is 44.9 Å². The molecule has 0 rings (SSSR count). The molecule has 0 fully saturated rings. The Labute approximate surface area is 156 Å². The predicted octanol–water partition coefficient (Wildman–Crippen LogP) is 7.31. The first-order valence-electron chi connectivity index (χ1n) is 10.3. The Hall–Kier alpha value is -1.31. The zero-order chi connectivity index (χ0) is 18.4. The second-order valence-electron chi connectivity index (χ2n) is 6.62. The van der Waals surface area contributed by atoms with E-state index in [0.29, 0.717) is 6.42 Å². The largest absolute Gasteiger partial charge is 0.469 e. The van der Waals surface area contributed by atoms with Crippen molar-refractivity contribution >= 4 is 5.97 Å². The number of carbonyl (C=O) groups excluding carboxylic acids is 1. The van der Waals surface area contributed by atoms with Crippen LogP contribution >= 0.6 is 0 Å². The zero-order valence-corrected chi connectivity index (χ0v) is 16.7. The predicted molar refractivity (Wildman–Crippen MR) is 110 cm³/mol. The lowest BCUT2D eigenvalue weighted by atomic mass is 10.1. The van der Waals surface area contributed by atoms with Crippen molar-refractivity contribution in [2.75, 3.05) is 7.11 Å². The summed E-state index contributed by atoms with van der Waals surface area (Å²) in [6.45, 7) is 2.25. The van der Waals surface area contributed by atoms with Crippen molar-refractivity contribution in [2.24, 2.45) is 0 Å². The van der Waals surface area contributed by atoms with Gasteiger partial charge in [0.15, 0.2) is 0 Å². The fraction of sp³-hybridized carbons (Fsp3) is 0.696. The van der Waals surface area contributed by atoms with E-state index >= 15 is 0 Å². The topological polar surface area (TPSA) is 26.3 Å². The summed E-state index contributed by atoms with van der Waals surface area (Å²) in [6, 6.07) is 0. The molecule has 0 aliphatic carbocycles. The summed E-state index contributed by atoms with van der Waals surface area (Å²) in [7, 11) is 1.46. The van der Waals surface area contributed by atoms with Crippen molar-refractivity contribution in [3.63, 3.8) is 0 Å². The third kappa shape index (κ3) is 20.6. The Bertz CT molecular complexity index is 366. The quantitative estimate of drug-likeness (QED) is 0.156. The average Bonchev–Trinajstić information content (AvgIpc) is 2.63. The van der Waals surface area contributed by atoms with E-state index in [1.54, 1.807) is 0 Å². The van der Waals surface area contributed by atoms with Gasteiger partial charge < -0.3 is 4.74 Å². The fourth-order valence-electron chi connectivity index (χ4n) is 2.63. The molecule has 0 aromatic rings. The third-order valence-corrected chi connectivity index (χ3v) is 4.25. The molecule has 0 atom stereocenters. The van der Waals surface area contributed by atoms with Crippen LogP contribution < -0.4 is 0 Å². The number of hydrogen-bond acceptors (Lipinski definition) is 2. The van der Waals surface area contributed by atoms with E-state index in [1.165, 1.54) is 64.9 Å².